The molecule has 1 amide bonds. The van der Waals surface area contributed by atoms with Crippen molar-refractivity contribution in [3.05, 3.63) is 29.3 Å². The molecule has 0 aliphatic heterocycles. The van der Waals surface area contributed by atoms with Gasteiger partial charge in [-0.3, -0.25) is 9.59 Å². The van der Waals surface area contributed by atoms with Gasteiger partial charge in [0.1, 0.15) is 17.1 Å². The van der Waals surface area contributed by atoms with Gasteiger partial charge in [0.25, 0.3) is 0 Å². The fourth-order valence-corrected chi connectivity index (χ4v) is 9.82. The Morgan fingerprint density at radius 3 is 2.56 bits per heavy atom. The van der Waals surface area contributed by atoms with E-state index >= 15 is 0 Å². The van der Waals surface area contributed by atoms with E-state index in [2.05, 4.69) is 13.8 Å². The summed E-state index contributed by atoms with van der Waals surface area (Å²) in [5.41, 5.74) is 1.79. The van der Waals surface area contributed by atoms with E-state index in [4.69, 9.17) is 9.47 Å². The summed E-state index contributed by atoms with van der Waals surface area (Å²) in [6.45, 7) is 5.19. The lowest BCUT2D eigenvalue weighted by molar-refractivity contribution is -0.156. The minimum atomic E-state index is -0.418. The third kappa shape index (κ3) is 6.25. The Hall–Kier alpha value is -2.41. The van der Waals surface area contributed by atoms with Gasteiger partial charge in [-0.15, -0.1) is 0 Å². The summed E-state index contributed by atoms with van der Waals surface area (Å²) in [5.74, 6) is 3.44. The molecule has 4 aliphatic carbocycles. The van der Waals surface area contributed by atoms with E-state index in [9.17, 15) is 19.5 Å². The van der Waals surface area contributed by atoms with Crippen LogP contribution in [-0.4, -0.2) is 61.6 Å². The number of amides is 1. The number of aliphatic hydroxyl groups excluding tert-OH is 1. The van der Waals surface area contributed by atoms with Crippen LogP contribution in [0.25, 0.3) is 0 Å². The van der Waals surface area contributed by atoms with E-state index in [1.165, 1.54) is 13.5 Å². The Labute approximate surface area is 258 Å². The minimum Gasteiger partial charge on any atom is -0.493 e. The second-order valence-corrected chi connectivity index (χ2v) is 14.8. The maximum absolute atomic E-state index is 12.6. The fourth-order valence-electron chi connectivity index (χ4n) is 9.82. The highest BCUT2D eigenvalue weighted by Crippen LogP contribution is 2.67. The molecule has 5 rings (SSSR count). The number of benzene rings is 1. The maximum Gasteiger partial charge on any atom is 0.341 e. The zero-order valence-electron chi connectivity index (χ0n) is 27.0. The van der Waals surface area contributed by atoms with Gasteiger partial charge in [0.05, 0.1) is 19.8 Å². The van der Waals surface area contributed by atoms with E-state index < -0.39 is 5.97 Å². The molecule has 4 aliphatic rings. The topological polar surface area (TPSA) is 93.1 Å². The first kappa shape index (κ1) is 32.0. The first-order valence-corrected chi connectivity index (χ1v) is 16.7. The summed E-state index contributed by atoms with van der Waals surface area (Å²) in [4.78, 5) is 38.7. The lowest BCUT2D eigenvalue weighted by Crippen LogP contribution is -2.57. The highest BCUT2D eigenvalue weighted by atomic mass is 16.5. The number of nitrogens with zero attached hydrogens (tertiary/aromatic N) is 1. The van der Waals surface area contributed by atoms with Crippen molar-refractivity contribution in [2.75, 3.05) is 27.8 Å². The zero-order valence-corrected chi connectivity index (χ0v) is 27.0. The third-order valence-corrected chi connectivity index (χ3v) is 12.4. The molecule has 7 nitrogen and oxygen atoms in total. The van der Waals surface area contributed by atoms with Gasteiger partial charge >= 0.3 is 5.97 Å². The molecular weight excluding hydrogens is 542 g/mol. The van der Waals surface area contributed by atoms with Crippen LogP contribution in [0.2, 0.25) is 0 Å². The second-order valence-electron chi connectivity index (χ2n) is 14.8. The molecule has 0 unspecified atom stereocenters. The summed E-state index contributed by atoms with van der Waals surface area (Å²) in [5, 5.41) is 11.0. The molecule has 1 aromatic rings. The van der Waals surface area contributed by atoms with Crippen molar-refractivity contribution < 1.29 is 29.0 Å². The van der Waals surface area contributed by atoms with Crippen LogP contribution in [-0.2, 0) is 20.7 Å². The molecule has 4 saturated carbocycles. The highest BCUT2D eigenvalue weighted by molar-refractivity contribution is 5.92. The molecule has 0 spiro atoms. The molecule has 8 atom stereocenters. The number of methoxy groups -OCH3 is 1. The van der Waals surface area contributed by atoms with Crippen molar-refractivity contribution in [1.29, 1.82) is 0 Å². The second kappa shape index (κ2) is 12.9. The summed E-state index contributed by atoms with van der Waals surface area (Å²) >= 11 is 0. The van der Waals surface area contributed by atoms with Crippen LogP contribution in [0.15, 0.2) is 18.2 Å². The molecule has 0 radical (unpaired) electrons. The van der Waals surface area contributed by atoms with Gasteiger partial charge in [0.15, 0.2) is 0 Å². The summed E-state index contributed by atoms with van der Waals surface area (Å²) in [7, 11) is 4.86. The average molecular weight is 596 g/mol. The predicted octanol–water partition coefficient (Wildman–Crippen LogP) is 6.24. The fraction of sp³-hybridized carbons (Fsp3) is 0.750. The van der Waals surface area contributed by atoms with Gasteiger partial charge in [-0.2, -0.15) is 0 Å². The van der Waals surface area contributed by atoms with Crippen LogP contribution in [0.3, 0.4) is 0 Å². The van der Waals surface area contributed by atoms with Crippen molar-refractivity contribution >= 4 is 17.7 Å². The molecule has 43 heavy (non-hydrogen) atoms. The van der Waals surface area contributed by atoms with Crippen molar-refractivity contribution in [3.8, 4) is 5.75 Å². The lowest BCUT2D eigenvalue weighted by atomic mass is 9.42. The molecule has 238 valence electrons. The number of ketones is 1. The Bertz CT molecular complexity index is 1200. The van der Waals surface area contributed by atoms with Crippen molar-refractivity contribution in [3.63, 3.8) is 0 Å². The molecule has 1 aromatic carbocycles. The first-order valence-electron chi connectivity index (χ1n) is 16.7. The number of carbonyl (C=O) groups is 3. The van der Waals surface area contributed by atoms with Gasteiger partial charge in [0, 0.05) is 33.4 Å². The Morgan fingerprint density at radius 1 is 1.05 bits per heavy atom. The van der Waals surface area contributed by atoms with Crippen molar-refractivity contribution in [2.45, 2.75) is 103 Å². The summed E-state index contributed by atoms with van der Waals surface area (Å²) in [6.07, 6.45) is 11.8. The highest BCUT2D eigenvalue weighted by Gasteiger charge is 2.62. The first-order chi connectivity index (χ1) is 20.5. The van der Waals surface area contributed by atoms with Crippen LogP contribution in [0.5, 0.6) is 5.75 Å². The number of ether oxygens (including phenoxy) is 2. The maximum atomic E-state index is 12.6. The predicted molar refractivity (Wildman–Crippen MR) is 166 cm³/mol. The average Bonchev–Trinajstić information content (AvgIpc) is 3.29. The SMILES string of the molecule is COC(=O)c1cc(CCC[C@@H]2C[C@H]3CC(=O)CC[C@]3(C)[C@H]3CC[C@]4(C)[C@@H](O)CC[C@H]4[C@H]23)ccc1OCCCC(=O)N(C)C. The van der Waals surface area contributed by atoms with E-state index in [1.807, 2.05) is 18.2 Å². The number of aryl methyl sites for hydroxylation is 1. The smallest absolute Gasteiger partial charge is 0.341 e. The van der Waals surface area contributed by atoms with Gasteiger partial charge in [-0.05, 0) is 122 Å². The van der Waals surface area contributed by atoms with E-state index in [1.54, 1.807) is 19.0 Å². The standard InChI is InChI=1S/C36H53NO6/c1-35-17-15-26(38)22-25(35)21-24(33-28-12-14-31(39)36(28,2)18-16-29(33)35)9-6-8-23-11-13-30(27(20-23)34(41)42-5)43-19-7-10-32(40)37(3)4/h11,13,20,24-25,28-29,31,33,39H,6-10,12,14-19,21-22H2,1-5H3/t24-,25+,28+,29+,31+,33+,35+,36+/m1/s1. The Morgan fingerprint density at radius 2 is 1.81 bits per heavy atom. The van der Waals surface area contributed by atoms with E-state index in [0.29, 0.717) is 66.1 Å². The number of hydrogen-bond acceptors (Lipinski definition) is 6. The van der Waals surface area contributed by atoms with Crippen LogP contribution in [0, 0.1) is 40.4 Å². The van der Waals surface area contributed by atoms with Gasteiger partial charge in [-0.25, -0.2) is 4.79 Å². The lowest BCUT2D eigenvalue weighted by Gasteiger charge is -2.62. The van der Waals surface area contributed by atoms with Crippen molar-refractivity contribution in [1.82, 2.24) is 4.90 Å². The monoisotopic (exact) mass is 595 g/mol. The van der Waals surface area contributed by atoms with Crippen LogP contribution in [0.4, 0.5) is 0 Å². The number of carbonyl (C=O) groups excluding carboxylic acids is 3. The number of esters is 1. The largest absolute Gasteiger partial charge is 0.493 e. The normalized spacial score (nSPS) is 35.0. The van der Waals surface area contributed by atoms with E-state index in [-0.39, 0.29) is 22.8 Å². The minimum absolute atomic E-state index is 0.0259. The third-order valence-electron chi connectivity index (χ3n) is 12.4. The van der Waals surface area contributed by atoms with E-state index in [0.717, 1.165) is 69.8 Å². The van der Waals surface area contributed by atoms with Gasteiger partial charge < -0.3 is 19.5 Å². The number of hydrogen-bond donors (Lipinski definition) is 1. The molecular formula is C36H53NO6. The Kier molecular flexibility index (Phi) is 9.60. The molecule has 0 aromatic heterocycles. The van der Waals surface area contributed by atoms with Gasteiger partial charge in [-0.1, -0.05) is 19.9 Å². The molecule has 7 heteroatoms. The van der Waals surface area contributed by atoms with Crippen LogP contribution in [0.1, 0.15) is 107 Å². The van der Waals surface area contributed by atoms with Crippen LogP contribution >= 0.6 is 0 Å². The number of fused-ring (bicyclic) bond motifs is 5. The molecule has 4 fully saturated rings. The van der Waals surface area contributed by atoms with Crippen LogP contribution < -0.4 is 4.74 Å². The molecule has 0 bridgehead atoms. The zero-order chi connectivity index (χ0) is 30.9. The van der Waals surface area contributed by atoms with Crippen molar-refractivity contribution in [2.24, 2.45) is 40.4 Å². The van der Waals surface area contributed by atoms with Gasteiger partial charge in [0.2, 0.25) is 5.91 Å². The summed E-state index contributed by atoms with van der Waals surface area (Å²) < 4.78 is 11.0. The molecule has 1 N–H and O–H groups in total. The number of aliphatic hydroxyl groups is 1. The quantitative estimate of drug-likeness (QED) is 0.254. The number of Topliss-reactive ketones (excluding diaryl/α,β-unsaturated/α-hetero) is 1. The number of rotatable bonds is 10. The Balaban J connectivity index is 1.27. The summed E-state index contributed by atoms with van der Waals surface area (Å²) in [6, 6.07) is 5.80. The molecule has 0 saturated heterocycles. The molecule has 0 heterocycles.